The van der Waals surface area contributed by atoms with Crippen LogP contribution in [0.25, 0.3) is 5.69 Å². The lowest BCUT2D eigenvalue weighted by molar-refractivity contribution is 0.878. The number of nitrogen functional groups attached to an aromatic ring is 1. The van der Waals surface area contributed by atoms with Gasteiger partial charge in [0.1, 0.15) is 11.0 Å². The molecule has 0 amide bonds. The van der Waals surface area contributed by atoms with Crippen LogP contribution in [0, 0.1) is 0 Å². The minimum atomic E-state index is 0.165. The molecule has 0 saturated carbocycles. The predicted molar refractivity (Wildman–Crippen MR) is 87.2 cm³/mol. The van der Waals surface area contributed by atoms with Crippen LogP contribution in [0.3, 0.4) is 0 Å². The van der Waals surface area contributed by atoms with E-state index in [1.165, 1.54) is 5.56 Å². The van der Waals surface area contributed by atoms with E-state index in [4.69, 9.17) is 17.3 Å². The van der Waals surface area contributed by atoms with Crippen LogP contribution in [0.4, 0.5) is 11.8 Å². The van der Waals surface area contributed by atoms with Crippen molar-refractivity contribution in [1.82, 2.24) is 19.7 Å². The highest BCUT2D eigenvalue weighted by Gasteiger charge is 2.01. The summed E-state index contributed by atoms with van der Waals surface area (Å²) in [5, 5.41) is 7.72. The van der Waals surface area contributed by atoms with Crippen molar-refractivity contribution < 1.29 is 0 Å². The Morgan fingerprint density at radius 3 is 2.68 bits per heavy atom. The molecular formula is C15H15ClN6. The summed E-state index contributed by atoms with van der Waals surface area (Å²) in [5.41, 5.74) is 7.81. The highest BCUT2D eigenvalue weighted by Crippen LogP contribution is 2.13. The summed E-state index contributed by atoms with van der Waals surface area (Å²) < 4.78 is 1.83. The number of nitrogens with zero attached hydrogens (tertiary/aromatic N) is 4. The Hall–Kier alpha value is -2.60. The predicted octanol–water partition coefficient (Wildman–Crippen LogP) is 2.55. The Morgan fingerprint density at radius 2 is 2.00 bits per heavy atom. The molecule has 112 valence electrons. The molecule has 22 heavy (non-hydrogen) atoms. The lowest BCUT2D eigenvalue weighted by atomic mass is 10.1. The number of benzene rings is 1. The summed E-state index contributed by atoms with van der Waals surface area (Å²) in [6.07, 6.45) is 4.54. The molecule has 0 aliphatic heterocycles. The normalized spacial score (nSPS) is 10.6. The Labute approximate surface area is 133 Å². The molecule has 0 bridgehead atoms. The van der Waals surface area contributed by atoms with Gasteiger partial charge < -0.3 is 11.1 Å². The SMILES string of the molecule is Nc1nc(Cl)cc(NCCc2ccc(-n3cccn3)cc2)n1. The van der Waals surface area contributed by atoms with Crippen molar-refractivity contribution in [3.63, 3.8) is 0 Å². The summed E-state index contributed by atoms with van der Waals surface area (Å²) >= 11 is 5.83. The minimum Gasteiger partial charge on any atom is -0.370 e. The quantitative estimate of drug-likeness (QED) is 0.707. The number of nitrogens with one attached hydrogen (secondary N) is 1. The first-order valence-corrected chi connectivity index (χ1v) is 7.21. The lowest BCUT2D eigenvalue weighted by Crippen LogP contribution is -2.08. The molecule has 3 aromatic rings. The molecule has 3 N–H and O–H groups in total. The summed E-state index contributed by atoms with van der Waals surface area (Å²) in [7, 11) is 0. The maximum atomic E-state index is 5.83. The van der Waals surface area contributed by atoms with Crippen LogP contribution < -0.4 is 11.1 Å². The van der Waals surface area contributed by atoms with Crippen molar-refractivity contribution in [2.45, 2.75) is 6.42 Å². The van der Waals surface area contributed by atoms with Crippen LogP contribution in [-0.4, -0.2) is 26.3 Å². The van der Waals surface area contributed by atoms with Gasteiger partial charge in [-0.25, -0.2) is 9.67 Å². The molecule has 0 aliphatic carbocycles. The zero-order chi connectivity index (χ0) is 15.4. The number of rotatable bonds is 5. The molecule has 0 radical (unpaired) electrons. The van der Waals surface area contributed by atoms with E-state index in [0.717, 1.165) is 18.7 Å². The minimum absolute atomic E-state index is 0.165. The van der Waals surface area contributed by atoms with Crippen molar-refractivity contribution in [2.75, 3.05) is 17.6 Å². The largest absolute Gasteiger partial charge is 0.370 e. The smallest absolute Gasteiger partial charge is 0.223 e. The third-order valence-electron chi connectivity index (χ3n) is 3.14. The summed E-state index contributed by atoms with van der Waals surface area (Å²) in [6, 6.07) is 11.8. The number of hydrogen-bond acceptors (Lipinski definition) is 5. The Morgan fingerprint density at radius 1 is 1.18 bits per heavy atom. The van der Waals surface area contributed by atoms with Gasteiger partial charge in [-0.05, 0) is 30.2 Å². The molecule has 0 saturated heterocycles. The molecule has 2 heterocycles. The standard InChI is InChI=1S/C15H15ClN6/c16-13-10-14(21-15(17)20-13)18-8-6-11-2-4-12(5-3-11)22-9-1-7-19-22/h1-5,7,9-10H,6,8H2,(H3,17,18,20,21). The first-order valence-electron chi connectivity index (χ1n) is 6.83. The molecule has 7 heteroatoms. The molecule has 3 rings (SSSR count). The monoisotopic (exact) mass is 314 g/mol. The fourth-order valence-corrected chi connectivity index (χ4v) is 2.29. The van der Waals surface area contributed by atoms with Gasteiger partial charge in [0.2, 0.25) is 5.95 Å². The lowest BCUT2D eigenvalue weighted by Gasteiger charge is -2.07. The van der Waals surface area contributed by atoms with Gasteiger partial charge in [-0.3, -0.25) is 0 Å². The van der Waals surface area contributed by atoms with E-state index in [-0.39, 0.29) is 5.95 Å². The van der Waals surface area contributed by atoms with Gasteiger partial charge >= 0.3 is 0 Å². The van der Waals surface area contributed by atoms with Crippen LogP contribution in [-0.2, 0) is 6.42 Å². The van der Waals surface area contributed by atoms with Crippen molar-refractivity contribution in [3.05, 3.63) is 59.5 Å². The second kappa shape index (κ2) is 6.44. The Kier molecular flexibility index (Phi) is 4.20. The van der Waals surface area contributed by atoms with E-state index in [9.17, 15) is 0 Å². The molecule has 1 aromatic carbocycles. The zero-order valence-electron chi connectivity index (χ0n) is 11.8. The van der Waals surface area contributed by atoms with Crippen molar-refractivity contribution >= 4 is 23.4 Å². The maximum absolute atomic E-state index is 5.83. The first-order chi connectivity index (χ1) is 10.7. The van der Waals surface area contributed by atoms with E-state index < -0.39 is 0 Å². The molecule has 6 nitrogen and oxygen atoms in total. The second-order valence-electron chi connectivity index (χ2n) is 4.73. The summed E-state index contributed by atoms with van der Waals surface area (Å²) in [4.78, 5) is 7.89. The number of anilines is 2. The van der Waals surface area contributed by atoms with Crippen molar-refractivity contribution in [1.29, 1.82) is 0 Å². The summed E-state index contributed by atoms with van der Waals surface area (Å²) in [6.45, 7) is 0.730. The number of hydrogen-bond donors (Lipinski definition) is 2. The average Bonchev–Trinajstić information content (AvgIpc) is 3.01. The van der Waals surface area contributed by atoms with Crippen LogP contribution in [0.5, 0.6) is 0 Å². The van der Waals surface area contributed by atoms with E-state index in [1.807, 2.05) is 29.1 Å². The van der Waals surface area contributed by atoms with Gasteiger partial charge in [-0.15, -0.1) is 0 Å². The molecular weight excluding hydrogens is 300 g/mol. The third kappa shape index (κ3) is 3.53. The van der Waals surface area contributed by atoms with Crippen LogP contribution in [0.15, 0.2) is 48.8 Å². The van der Waals surface area contributed by atoms with Crippen molar-refractivity contribution in [3.8, 4) is 5.69 Å². The van der Waals surface area contributed by atoms with E-state index in [1.54, 1.807) is 12.3 Å². The van der Waals surface area contributed by atoms with Gasteiger partial charge in [0, 0.05) is 25.0 Å². The zero-order valence-corrected chi connectivity index (χ0v) is 12.5. The van der Waals surface area contributed by atoms with Crippen molar-refractivity contribution in [2.24, 2.45) is 0 Å². The Bertz CT molecular complexity index is 719. The summed E-state index contributed by atoms with van der Waals surface area (Å²) in [5.74, 6) is 0.796. The molecule has 0 aliphatic rings. The maximum Gasteiger partial charge on any atom is 0.223 e. The molecule has 0 atom stereocenters. The van der Waals surface area contributed by atoms with Gasteiger partial charge in [-0.2, -0.15) is 10.1 Å². The topological polar surface area (TPSA) is 81.6 Å². The fourth-order valence-electron chi connectivity index (χ4n) is 2.10. The second-order valence-corrected chi connectivity index (χ2v) is 5.12. The Balaban J connectivity index is 1.57. The van der Waals surface area contributed by atoms with E-state index >= 15 is 0 Å². The first kappa shape index (κ1) is 14.3. The van der Waals surface area contributed by atoms with Gasteiger partial charge in [0.25, 0.3) is 0 Å². The fraction of sp³-hybridized carbons (Fsp3) is 0.133. The van der Waals surface area contributed by atoms with Gasteiger partial charge in [-0.1, -0.05) is 23.7 Å². The molecule has 0 unspecified atom stereocenters. The molecule has 0 fully saturated rings. The number of nitrogens with two attached hydrogens (primary N) is 1. The van der Waals surface area contributed by atoms with E-state index in [2.05, 4.69) is 32.5 Å². The third-order valence-corrected chi connectivity index (χ3v) is 3.33. The van der Waals surface area contributed by atoms with Crippen LogP contribution in [0.2, 0.25) is 5.15 Å². The molecule has 2 aromatic heterocycles. The van der Waals surface area contributed by atoms with Crippen LogP contribution >= 0.6 is 11.6 Å². The average molecular weight is 315 g/mol. The highest BCUT2D eigenvalue weighted by atomic mass is 35.5. The van der Waals surface area contributed by atoms with E-state index in [0.29, 0.717) is 11.0 Å². The molecule has 0 spiro atoms. The highest BCUT2D eigenvalue weighted by molar-refractivity contribution is 6.29. The van der Waals surface area contributed by atoms with Gasteiger partial charge in [0.05, 0.1) is 5.69 Å². The number of halogens is 1. The number of aromatic nitrogens is 4. The van der Waals surface area contributed by atoms with Gasteiger partial charge in [0.15, 0.2) is 0 Å². The van der Waals surface area contributed by atoms with Crippen LogP contribution in [0.1, 0.15) is 5.56 Å².